The molecule has 1 aliphatic carbocycles. The molecule has 0 unspecified atom stereocenters. The molecule has 134 valence electrons. The number of fused-ring (bicyclic) bond motifs is 1. The fourth-order valence-electron chi connectivity index (χ4n) is 3.48. The largest absolute Gasteiger partial charge is 0.351 e. The Balaban J connectivity index is 1.75. The Bertz CT molecular complexity index is 742. The number of pyridine rings is 1. The second-order valence-electron chi connectivity index (χ2n) is 7.57. The number of aromatic nitrogens is 1. The second-order valence-corrected chi connectivity index (χ2v) is 7.57. The van der Waals surface area contributed by atoms with Crippen molar-refractivity contribution in [2.45, 2.75) is 58.5 Å². The molecule has 1 heterocycles. The van der Waals surface area contributed by atoms with Gasteiger partial charge >= 0.3 is 0 Å². The first kappa shape index (κ1) is 17.9. The molecule has 1 N–H and O–H groups in total. The van der Waals surface area contributed by atoms with E-state index in [9.17, 15) is 4.79 Å². The van der Waals surface area contributed by atoms with Gasteiger partial charge in [0.25, 0.3) is 5.91 Å². The second kappa shape index (κ2) is 7.52. The number of benzene rings is 1. The molecule has 1 aliphatic rings. The molecular formula is C21H29N3O. The molecule has 0 saturated heterocycles. The first-order valence-corrected chi connectivity index (χ1v) is 9.41. The number of rotatable bonds is 7. The van der Waals surface area contributed by atoms with Crippen molar-refractivity contribution in [1.82, 2.24) is 15.2 Å². The number of carbonyl (C=O) groups is 1. The number of carbonyl (C=O) groups excluding carboxylic acids is 1. The molecule has 3 rings (SSSR count). The van der Waals surface area contributed by atoms with Gasteiger partial charge in [-0.3, -0.25) is 14.7 Å². The minimum absolute atomic E-state index is 0.00737. The van der Waals surface area contributed by atoms with Gasteiger partial charge in [-0.15, -0.1) is 0 Å². The molecule has 0 atom stereocenters. The molecule has 25 heavy (non-hydrogen) atoms. The van der Waals surface area contributed by atoms with Crippen molar-refractivity contribution in [3.63, 3.8) is 0 Å². The molecule has 0 spiro atoms. The van der Waals surface area contributed by atoms with Crippen LogP contribution in [0.4, 0.5) is 0 Å². The monoisotopic (exact) mass is 339 g/mol. The Labute approximate surface area is 150 Å². The molecule has 1 saturated carbocycles. The van der Waals surface area contributed by atoms with Gasteiger partial charge < -0.3 is 5.32 Å². The lowest BCUT2D eigenvalue weighted by atomic mass is 10.1. The highest BCUT2D eigenvalue weighted by Crippen LogP contribution is 2.40. The lowest BCUT2D eigenvalue weighted by Gasteiger charge is -2.30. The Morgan fingerprint density at radius 3 is 2.52 bits per heavy atom. The van der Waals surface area contributed by atoms with Crippen molar-refractivity contribution in [2.75, 3.05) is 13.1 Å². The molecule has 1 aromatic heterocycles. The number of nitrogens with zero attached hydrogens (tertiary/aromatic N) is 2. The minimum atomic E-state index is 0.00737. The topological polar surface area (TPSA) is 45.2 Å². The third kappa shape index (κ3) is 4.18. The summed E-state index contributed by atoms with van der Waals surface area (Å²) in [7, 11) is 0. The summed E-state index contributed by atoms with van der Waals surface area (Å²) in [6, 6.07) is 10.9. The van der Waals surface area contributed by atoms with Gasteiger partial charge in [0.05, 0.1) is 11.1 Å². The van der Waals surface area contributed by atoms with E-state index in [0.29, 0.717) is 24.5 Å². The van der Waals surface area contributed by atoms with Crippen LogP contribution in [-0.2, 0) is 0 Å². The van der Waals surface area contributed by atoms with Crippen LogP contribution in [0.25, 0.3) is 10.9 Å². The van der Waals surface area contributed by atoms with Crippen LogP contribution >= 0.6 is 0 Å². The smallest absolute Gasteiger partial charge is 0.252 e. The summed E-state index contributed by atoms with van der Waals surface area (Å²) in [5, 5.41) is 4.05. The van der Waals surface area contributed by atoms with Crippen LogP contribution in [-0.4, -0.2) is 41.0 Å². The van der Waals surface area contributed by atoms with Crippen molar-refractivity contribution in [2.24, 2.45) is 0 Å². The summed E-state index contributed by atoms with van der Waals surface area (Å²) in [4.78, 5) is 20.0. The zero-order valence-corrected chi connectivity index (χ0v) is 15.7. The normalized spacial score (nSPS) is 14.7. The average Bonchev–Trinajstić information content (AvgIpc) is 3.41. The Morgan fingerprint density at radius 1 is 1.20 bits per heavy atom. The van der Waals surface area contributed by atoms with E-state index in [1.165, 1.54) is 12.8 Å². The molecule has 4 heteroatoms. The van der Waals surface area contributed by atoms with E-state index in [1.54, 1.807) is 0 Å². The molecule has 1 fully saturated rings. The summed E-state index contributed by atoms with van der Waals surface area (Å²) < 4.78 is 0. The SMILES string of the molecule is CC(C)N(CCNC(=O)c1cc(C2CC2)nc2ccccc12)C(C)C. The van der Waals surface area contributed by atoms with Gasteiger partial charge in [0.2, 0.25) is 0 Å². The summed E-state index contributed by atoms with van der Waals surface area (Å²) in [6.07, 6.45) is 2.37. The van der Waals surface area contributed by atoms with Crippen molar-refractivity contribution in [3.05, 3.63) is 41.6 Å². The fraction of sp³-hybridized carbons (Fsp3) is 0.524. The van der Waals surface area contributed by atoms with Gasteiger partial charge in [-0.2, -0.15) is 0 Å². The lowest BCUT2D eigenvalue weighted by molar-refractivity contribution is 0.0941. The summed E-state index contributed by atoms with van der Waals surface area (Å²) in [5.41, 5.74) is 2.74. The zero-order valence-electron chi connectivity index (χ0n) is 15.7. The van der Waals surface area contributed by atoms with Crippen LogP contribution in [0.15, 0.2) is 30.3 Å². The molecule has 0 bridgehead atoms. The van der Waals surface area contributed by atoms with Crippen molar-refractivity contribution in [1.29, 1.82) is 0 Å². The summed E-state index contributed by atoms with van der Waals surface area (Å²) >= 11 is 0. The van der Waals surface area contributed by atoms with Gasteiger partial charge in [-0.25, -0.2) is 0 Å². The number of amides is 1. The maximum absolute atomic E-state index is 12.8. The maximum Gasteiger partial charge on any atom is 0.252 e. The lowest BCUT2D eigenvalue weighted by Crippen LogP contribution is -2.42. The Hall–Kier alpha value is -1.94. The van der Waals surface area contributed by atoms with Gasteiger partial charge in [-0.1, -0.05) is 18.2 Å². The highest BCUT2D eigenvalue weighted by atomic mass is 16.1. The van der Waals surface area contributed by atoms with Crippen molar-refractivity contribution < 1.29 is 4.79 Å². The van der Waals surface area contributed by atoms with E-state index in [4.69, 9.17) is 4.98 Å². The fourth-order valence-corrected chi connectivity index (χ4v) is 3.48. The van der Waals surface area contributed by atoms with E-state index >= 15 is 0 Å². The standard InChI is InChI=1S/C21H29N3O/c1-14(2)24(15(3)4)12-11-22-21(25)18-13-20(16-9-10-16)23-19-8-6-5-7-17(18)19/h5-8,13-16H,9-12H2,1-4H3,(H,22,25). The van der Waals surface area contributed by atoms with Crippen molar-refractivity contribution in [3.8, 4) is 0 Å². The zero-order chi connectivity index (χ0) is 18.0. The first-order chi connectivity index (χ1) is 12.0. The van der Waals surface area contributed by atoms with Crippen molar-refractivity contribution >= 4 is 16.8 Å². The Morgan fingerprint density at radius 2 is 1.88 bits per heavy atom. The molecule has 2 aromatic rings. The summed E-state index contributed by atoms with van der Waals surface area (Å²) in [5.74, 6) is 0.543. The van der Waals surface area contributed by atoms with E-state index in [0.717, 1.165) is 28.7 Å². The van der Waals surface area contributed by atoms with E-state index < -0.39 is 0 Å². The van der Waals surface area contributed by atoms with Gasteiger partial charge in [0, 0.05) is 42.2 Å². The highest BCUT2D eigenvalue weighted by molar-refractivity contribution is 6.06. The van der Waals surface area contributed by atoms with Crippen LogP contribution in [0.1, 0.15) is 62.5 Å². The minimum Gasteiger partial charge on any atom is -0.351 e. The number of hydrogen-bond donors (Lipinski definition) is 1. The quantitative estimate of drug-likeness (QED) is 0.830. The van der Waals surface area contributed by atoms with Crippen LogP contribution < -0.4 is 5.32 Å². The average molecular weight is 339 g/mol. The predicted molar refractivity (Wildman–Crippen MR) is 103 cm³/mol. The molecule has 1 aromatic carbocycles. The van der Waals surface area contributed by atoms with E-state index in [2.05, 4.69) is 37.9 Å². The van der Waals surface area contributed by atoms with Gasteiger partial charge in [-0.05, 0) is 52.7 Å². The van der Waals surface area contributed by atoms with Crippen LogP contribution in [0.5, 0.6) is 0 Å². The molecule has 0 radical (unpaired) electrons. The predicted octanol–water partition coefficient (Wildman–Crippen LogP) is 3.96. The molecule has 1 amide bonds. The molecule has 0 aliphatic heterocycles. The Kier molecular flexibility index (Phi) is 5.38. The van der Waals surface area contributed by atoms with E-state index in [-0.39, 0.29) is 5.91 Å². The highest BCUT2D eigenvalue weighted by Gasteiger charge is 2.27. The third-order valence-corrected chi connectivity index (χ3v) is 4.96. The molecular weight excluding hydrogens is 310 g/mol. The van der Waals surface area contributed by atoms with Crippen LogP contribution in [0.3, 0.4) is 0 Å². The third-order valence-electron chi connectivity index (χ3n) is 4.96. The summed E-state index contributed by atoms with van der Waals surface area (Å²) in [6.45, 7) is 10.3. The number of hydrogen-bond acceptors (Lipinski definition) is 3. The number of nitrogens with one attached hydrogen (secondary N) is 1. The van der Waals surface area contributed by atoms with Crippen LogP contribution in [0.2, 0.25) is 0 Å². The van der Waals surface area contributed by atoms with Gasteiger partial charge in [0.15, 0.2) is 0 Å². The van der Waals surface area contributed by atoms with E-state index in [1.807, 2.05) is 30.3 Å². The van der Waals surface area contributed by atoms with Gasteiger partial charge in [0.1, 0.15) is 0 Å². The molecule has 4 nitrogen and oxygen atoms in total. The number of para-hydroxylation sites is 1. The maximum atomic E-state index is 12.8. The first-order valence-electron chi connectivity index (χ1n) is 9.41. The van der Waals surface area contributed by atoms with Crippen LogP contribution in [0, 0.1) is 0 Å².